The number of nitrogens with one attached hydrogen (secondary N) is 2. The van der Waals surface area contributed by atoms with Crippen LogP contribution in [0.25, 0.3) is 0 Å². The van der Waals surface area contributed by atoms with E-state index in [1.165, 1.54) is 12.1 Å². The van der Waals surface area contributed by atoms with Crippen LogP contribution in [0.4, 0.5) is 9.18 Å². The van der Waals surface area contributed by atoms with Gasteiger partial charge < -0.3 is 20.1 Å². The van der Waals surface area contributed by atoms with E-state index in [9.17, 15) is 9.18 Å². The number of ether oxygens (including phenoxy) is 2. The van der Waals surface area contributed by atoms with Crippen LogP contribution >= 0.6 is 0 Å². The Hall–Kier alpha value is -2.76. The maximum absolute atomic E-state index is 12.8. The van der Waals surface area contributed by atoms with Crippen molar-refractivity contribution in [3.63, 3.8) is 0 Å². The first-order valence-corrected chi connectivity index (χ1v) is 7.80. The van der Waals surface area contributed by atoms with E-state index in [4.69, 9.17) is 9.47 Å². The van der Waals surface area contributed by atoms with Crippen molar-refractivity contribution >= 4 is 6.03 Å². The van der Waals surface area contributed by atoms with Gasteiger partial charge in [-0.3, -0.25) is 0 Å². The Labute approximate surface area is 139 Å². The number of benzene rings is 2. The van der Waals surface area contributed by atoms with Gasteiger partial charge in [-0.15, -0.1) is 0 Å². The van der Waals surface area contributed by atoms with Gasteiger partial charge in [0.15, 0.2) is 11.5 Å². The molecule has 0 saturated heterocycles. The molecule has 0 spiro atoms. The first-order valence-electron chi connectivity index (χ1n) is 7.80. The van der Waals surface area contributed by atoms with Gasteiger partial charge in [0, 0.05) is 6.54 Å². The fourth-order valence-corrected chi connectivity index (χ4v) is 2.44. The molecule has 24 heavy (non-hydrogen) atoms. The largest absolute Gasteiger partial charge is 0.486 e. The van der Waals surface area contributed by atoms with E-state index in [0.29, 0.717) is 25.5 Å². The van der Waals surface area contributed by atoms with Gasteiger partial charge in [-0.2, -0.15) is 0 Å². The molecule has 0 saturated carbocycles. The van der Waals surface area contributed by atoms with E-state index in [0.717, 1.165) is 16.9 Å². The van der Waals surface area contributed by atoms with Crippen LogP contribution in [0.2, 0.25) is 0 Å². The molecule has 5 nitrogen and oxygen atoms in total. The Balaban J connectivity index is 1.55. The van der Waals surface area contributed by atoms with Crippen molar-refractivity contribution in [2.75, 3.05) is 13.2 Å². The first-order chi connectivity index (χ1) is 11.6. The fourth-order valence-electron chi connectivity index (χ4n) is 2.44. The molecule has 1 heterocycles. The minimum Gasteiger partial charge on any atom is -0.486 e. The molecule has 1 aliphatic heterocycles. The first kappa shape index (κ1) is 16.1. The molecule has 1 aliphatic rings. The summed E-state index contributed by atoms with van der Waals surface area (Å²) in [6, 6.07) is 11.2. The summed E-state index contributed by atoms with van der Waals surface area (Å²) in [5, 5.41) is 5.62. The highest BCUT2D eigenvalue weighted by Crippen LogP contribution is 2.32. The van der Waals surface area contributed by atoms with Crippen molar-refractivity contribution < 1.29 is 18.7 Å². The van der Waals surface area contributed by atoms with Crippen LogP contribution in [0.5, 0.6) is 11.5 Å². The number of carbonyl (C=O) groups excluding carboxylic acids is 1. The van der Waals surface area contributed by atoms with Crippen LogP contribution < -0.4 is 20.1 Å². The molecule has 3 rings (SSSR count). The Morgan fingerprint density at radius 3 is 2.58 bits per heavy atom. The summed E-state index contributed by atoms with van der Waals surface area (Å²) in [6.07, 6.45) is 0. The van der Waals surface area contributed by atoms with Crippen LogP contribution in [0.15, 0.2) is 42.5 Å². The van der Waals surface area contributed by atoms with E-state index in [1.54, 1.807) is 12.1 Å². The van der Waals surface area contributed by atoms with Crippen LogP contribution in [0.1, 0.15) is 24.1 Å². The van der Waals surface area contributed by atoms with E-state index in [2.05, 4.69) is 10.6 Å². The summed E-state index contributed by atoms with van der Waals surface area (Å²) in [5.74, 6) is 1.12. The number of urea groups is 1. The molecule has 2 N–H and O–H groups in total. The number of fused-ring (bicyclic) bond motifs is 1. The minimum absolute atomic E-state index is 0.186. The van der Waals surface area contributed by atoms with Crippen molar-refractivity contribution in [1.29, 1.82) is 0 Å². The Morgan fingerprint density at radius 1 is 1.12 bits per heavy atom. The number of halogens is 1. The Kier molecular flexibility index (Phi) is 4.84. The monoisotopic (exact) mass is 330 g/mol. The lowest BCUT2D eigenvalue weighted by molar-refractivity contribution is 0.171. The van der Waals surface area contributed by atoms with Crippen LogP contribution in [0, 0.1) is 5.82 Å². The van der Waals surface area contributed by atoms with Gasteiger partial charge in [0.25, 0.3) is 0 Å². The molecule has 1 atom stereocenters. The van der Waals surface area contributed by atoms with Crippen molar-refractivity contribution in [3.05, 3.63) is 59.4 Å². The molecular weight excluding hydrogens is 311 g/mol. The Bertz CT molecular complexity index is 719. The lowest BCUT2D eigenvalue weighted by Crippen LogP contribution is -2.36. The molecule has 0 radical (unpaired) electrons. The van der Waals surface area contributed by atoms with E-state index >= 15 is 0 Å². The van der Waals surface area contributed by atoms with Gasteiger partial charge in [-0.1, -0.05) is 18.2 Å². The SMILES string of the molecule is CC(NC(=O)NCc1ccc(F)cc1)c1ccc2c(c1)OCCO2. The van der Waals surface area contributed by atoms with Gasteiger partial charge in [-0.25, -0.2) is 9.18 Å². The zero-order valence-electron chi connectivity index (χ0n) is 13.3. The predicted molar refractivity (Wildman–Crippen MR) is 87.6 cm³/mol. The van der Waals surface area contributed by atoms with Crippen molar-refractivity contribution in [2.24, 2.45) is 0 Å². The molecule has 126 valence electrons. The number of hydrogen-bond donors (Lipinski definition) is 2. The minimum atomic E-state index is -0.296. The highest BCUT2D eigenvalue weighted by atomic mass is 19.1. The molecule has 0 aromatic heterocycles. The molecule has 2 aromatic carbocycles. The molecule has 1 unspecified atom stereocenters. The zero-order valence-corrected chi connectivity index (χ0v) is 13.3. The quantitative estimate of drug-likeness (QED) is 0.905. The van der Waals surface area contributed by atoms with E-state index in [1.807, 2.05) is 25.1 Å². The normalized spacial score (nSPS) is 13.9. The zero-order chi connectivity index (χ0) is 16.9. The van der Waals surface area contributed by atoms with Gasteiger partial charge in [-0.05, 0) is 42.3 Å². The molecular formula is C18H19FN2O3. The van der Waals surface area contributed by atoms with Gasteiger partial charge in [0.2, 0.25) is 0 Å². The third-order valence-corrected chi connectivity index (χ3v) is 3.78. The van der Waals surface area contributed by atoms with Crippen molar-refractivity contribution in [1.82, 2.24) is 10.6 Å². The number of rotatable bonds is 4. The standard InChI is InChI=1S/C18H19FN2O3/c1-12(14-4-7-16-17(10-14)24-9-8-23-16)21-18(22)20-11-13-2-5-15(19)6-3-13/h2-7,10,12H,8-9,11H2,1H3,(H2,20,21,22). The summed E-state index contributed by atoms with van der Waals surface area (Å²) in [6.45, 7) is 3.30. The molecule has 2 amide bonds. The lowest BCUT2D eigenvalue weighted by atomic mass is 10.1. The second-order valence-corrected chi connectivity index (χ2v) is 5.58. The maximum atomic E-state index is 12.8. The summed E-state index contributed by atoms with van der Waals surface area (Å²) < 4.78 is 23.9. The van der Waals surface area contributed by atoms with E-state index < -0.39 is 0 Å². The predicted octanol–water partition coefficient (Wildman–Crippen LogP) is 3.16. The van der Waals surface area contributed by atoms with E-state index in [-0.39, 0.29) is 17.9 Å². The van der Waals surface area contributed by atoms with Crippen LogP contribution in [0.3, 0.4) is 0 Å². The molecule has 0 bridgehead atoms. The summed E-state index contributed by atoms with van der Waals surface area (Å²) in [4.78, 5) is 12.0. The number of hydrogen-bond acceptors (Lipinski definition) is 3. The summed E-state index contributed by atoms with van der Waals surface area (Å²) in [5.41, 5.74) is 1.76. The molecule has 2 aromatic rings. The molecule has 0 aliphatic carbocycles. The Morgan fingerprint density at radius 2 is 1.83 bits per heavy atom. The maximum Gasteiger partial charge on any atom is 0.315 e. The second-order valence-electron chi connectivity index (χ2n) is 5.58. The average Bonchev–Trinajstić information content (AvgIpc) is 2.61. The second kappa shape index (κ2) is 7.21. The highest BCUT2D eigenvalue weighted by molar-refractivity contribution is 5.74. The third kappa shape index (κ3) is 3.95. The third-order valence-electron chi connectivity index (χ3n) is 3.78. The molecule has 0 fully saturated rings. The average molecular weight is 330 g/mol. The summed E-state index contributed by atoms with van der Waals surface area (Å²) >= 11 is 0. The fraction of sp³-hybridized carbons (Fsp3) is 0.278. The van der Waals surface area contributed by atoms with Crippen molar-refractivity contribution in [2.45, 2.75) is 19.5 Å². The number of amides is 2. The van der Waals surface area contributed by atoms with Gasteiger partial charge >= 0.3 is 6.03 Å². The van der Waals surface area contributed by atoms with Crippen molar-refractivity contribution in [3.8, 4) is 11.5 Å². The summed E-state index contributed by atoms with van der Waals surface area (Å²) in [7, 11) is 0. The van der Waals surface area contributed by atoms with Gasteiger partial charge in [0.1, 0.15) is 19.0 Å². The van der Waals surface area contributed by atoms with Gasteiger partial charge in [0.05, 0.1) is 6.04 Å². The topological polar surface area (TPSA) is 59.6 Å². The van der Waals surface area contributed by atoms with Crippen LogP contribution in [-0.2, 0) is 6.54 Å². The molecule has 6 heteroatoms. The lowest BCUT2D eigenvalue weighted by Gasteiger charge is -2.21. The number of carbonyl (C=O) groups is 1. The van der Waals surface area contributed by atoms with Crippen LogP contribution in [-0.4, -0.2) is 19.2 Å². The smallest absolute Gasteiger partial charge is 0.315 e. The highest BCUT2D eigenvalue weighted by Gasteiger charge is 2.15.